The molecule has 1 heterocycles. The van der Waals surface area contributed by atoms with Crippen molar-refractivity contribution in [2.45, 2.75) is 32.4 Å². The lowest BCUT2D eigenvalue weighted by Gasteiger charge is -2.19. The van der Waals surface area contributed by atoms with Crippen LogP contribution in [0.3, 0.4) is 0 Å². The van der Waals surface area contributed by atoms with E-state index in [1.807, 2.05) is 10.9 Å². The van der Waals surface area contributed by atoms with Gasteiger partial charge in [0, 0.05) is 13.3 Å². The van der Waals surface area contributed by atoms with Crippen LogP contribution >= 0.6 is 0 Å². The molecule has 4 nitrogen and oxygen atoms in total. The van der Waals surface area contributed by atoms with Crippen molar-refractivity contribution in [1.29, 1.82) is 0 Å². The minimum atomic E-state index is 0.394. The van der Waals surface area contributed by atoms with E-state index in [0.29, 0.717) is 12.6 Å². The minimum Gasteiger partial charge on any atom is -0.383 e. The maximum Gasteiger partial charge on any atom is 0.0731 e. The largest absolute Gasteiger partial charge is 0.383 e. The number of ether oxygens (including phenoxy) is 1. The molecular formula is C17H23N3O. The topological polar surface area (TPSA) is 39.1 Å². The van der Waals surface area contributed by atoms with Crippen LogP contribution in [0.4, 0.5) is 5.69 Å². The highest BCUT2D eigenvalue weighted by atomic mass is 16.5. The minimum absolute atomic E-state index is 0.394. The summed E-state index contributed by atoms with van der Waals surface area (Å²) in [6.45, 7) is 3.60. The summed E-state index contributed by atoms with van der Waals surface area (Å²) in [4.78, 5) is 0. The second kappa shape index (κ2) is 6.31. The van der Waals surface area contributed by atoms with Gasteiger partial charge in [-0.05, 0) is 31.2 Å². The van der Waals surface area contributed by atoms with Gasteiger partial charge in [-0.2, -0.15) is 5.10 Å². The van der Waals surface area contributed by atoms with Crippen LogP contribution in [0.15, 0.2) is 36.7 Å². The second-order valence-electron chi connectivity index (χ2n) is 5.86. The molecule has 1 unspecified atom stereocenters. The summed E-state index contributed by atoms with van der Waals surface area (Å²) in [5, 5.41) is 8.02. The quantitative estimate of drug-likeness (QED) is 0.847. The van der Waals surface area contributed by atoms with Crippen molar-refractivity contribution in [3.05, 3.63) is 47.8 Å². The molecule has 2 aromatic rings. The van der Waals surface area contributed by atoms with Gasteiger partial charge in [0.05, 0.1) is 31.1 Å². The molecule has 1 N–H and O–H groups in total. The van der Waals surface area contributed by atoms with E-state index in [1.54, 1.807) is 7.11 Å². The summed E-state index contributed by atoms with van der Waals surface area (Å²) in [6.07, 6.45) is 6.58. The standard InChI is InChI=1S/C17H23N3O/c1-13-3-5-14(6-4-13)17(15-7-8-15)19-16-11-18-20(12-16)9-10-21-2/h3-6,11-12,15,17,19H,7-10H2,1-2H3. The first-order valence-corrected chi connectivity index (χ1v) is 7.61. The Morgan fingerprint density at radius 2 is 2.10 bits per heavy atom. The van der Waals surface area contributed by atoms with E-state index >= 15 is 0 Å². The fourth-order valence-corrected chi connectivity index (χ4v) is 2.60. The van der Waals surface area contributed by atoms with Crippen LogP contribution in [-0.2, 0) is 11.3 Å². The number of hydrogen-bond acceptors (Lipinski definition) is 3. The Morgan fingerprint density at radius 3 is 2.76 bits per heavy atom. The van der Waals surface area contributed by atoms with Crippen LogP contribution in [0.25, 0.3) is 0 Å². The van der Waals surface area contributed by atoms with Crippen molar-refractivity contribution >= 4 is 5.69 Å². The number of rotatable bonds is 7. The Kier molecular flexibility index (Phi) is 4.25. The normalized spacial score (nSPS) is 15.9. The van der Waals surface area contributed by atoms with Gasteiger partial charge in [0.2, 0.25) is 0 Å². The maximum atomic E-state index is 5.08. The van der Waals surface area contributed by atoms with Gasteiger partial charge in [-0.15, -0.1) is 0 Å². The molecule has 1 fully saturated rings. The van der Waals surface area contributed by atoms with Gasteiger partial charge in [-0.25, -0.2) is 0 Å². The number of methoxy groups -OCH3 is 1. The van der Waals surface area contributed by atoms with Gasteiger partial charge in [-0.1, -0.05) is 29.8 Å². The van der Waals surface area contributed by atoms with E-state index in [2.05, 4.69) is 47.8 Å². The van der Waals surface area contributed by atoms with Crippen LogP contribution in [0.1, 0.15) is 30.0 Å². The molecule has 21 heavy (non-hydrogen) atoms. The van der Waals surface area contributed by atoms with Gasteiger partial charge in [0.1, 0.15) is 0 Å². The van der Waals surface area contributed by atoms with Crippen molar-refractivity contribution in [2.24, 2.45) is 5.92 Å². The SMILES string of the molecule is COCCn1cc(NC(c2ccc(C)cc2)C2CC2)cn1. The Labute approximate surface area is 126 Å². The molecule has 0 saturated heterocycles. The van der Waals surface area contributed by atoms with E-state index < -0.39 is 0 Å². The number of nitrogens with zero attached hydrogens (tertiary/aromatic N) is 2. The van der Waals surface area contributed by atoms with E-state index in [0.717, 1.165) is 18.2 Å². The highest BCUT2D eigenvalue weighted by Gasteiger charge is 2.32. The summed E-state index contributed by atoms with van der Waals surface area (Å²) >= 11 is 0. The molecule has 0 spiro atoms. The monoisotopic (exact) mass is 285 g/mol. The van der Waals surface area contributed by atoms with Gasteiger partial charge in [-0.3, -0.25) is 4.68 Å². The highest BCUT2D eigenvalue weighted by Crippen LogP contribution is 2.42. The van der Waals surface area contributed by atoms with E-state index in [1.165, 1.54) is 24.0 Å². The third kappa shape index (κ3) is 3.64. The van der Waals surface area contributed by atoms with E-state index in [4.69, 9.17) is 4.74 Å². The van der Waals surface area contributed by atoms with Crippen molar-refractivity contribution in [3.8, 4) is 0 Å². The van der Waals surface area contributed by atoms with Crippen LogP contribution in [0, 0.1) is 12.8 Å². The number of aryl methyl sites for hydroxylation is 1. The number of benzene rings is 1. The zero-order chi connectivity index (χ0) is 14.7. The fraction of sp³-hybridized carbons (Fsp3) is 0.471. The molecule has 1 saturated carbocycles. The van der Waals surface area contributed by atoms with Crippen molar-refractivity contribution in [1.82, 2.24) is 9.78 Å². The molecule has 1 aromatic carbocycles. The first-order valence-electron chi connectivity index (χ1n) is 7.61. The zero-order valence-corrected chi connectivity index (χ0v) is 12.7. The average molecular weight is 285 g/mol. The predicted octanol–water partition coefficient (Wildman–Crippen LogP) is 3.40. The maximum absolute atomic E-state index is 5.08. The molecular weight excluding hydrogens is 262 g/mol. The van der Waals surface area contributed by atoms with Gasteiger partial charge >= 0.3 is 0 Å². The van der Waals surface area contributed by atoms with Crippen molar-refractivity contribution in [2.75, 3.05) is 19.0 Å². The summed E-state index contributed by atoms with van der Waals surface area (Å²) in [5.74, 6) is 0.745. The number of nitrogens with one attached hydrogen (secondary N) is 1. The molecule has 0 radical (unpaired) electrons. The molecule has 3 rings (SSSR count). The lowest BCUT2D eigenvalue weighted by atomic mass is 10.0. The van der Waals surface area contributed by atoms with Crippen LogP contribution in [-0.4, -0.2) is 23.5 Å². The van der Waals surface area contributed by atoms with Crippen LogP contribution in [0.2, 0.25) is 0 Å². The number of hydrogen-bond donors (Lipinski definition) is 1. The lowest BCUT2D eigenvalue weighted by Crippen LogP contribution is -2.12. The lowest BCUT2D eigenvalue weighted by molar-refractivity contribution is 0.183. The first-order chi connectivity index (χ1) is 10.3. The average Bonchev–Trinajstić information content (AvgIpc) is 3.24. The van der Waals surface area contributed by atoms with Crippen molar-refractivity contribution in [3.63, 3.8) is 0 Å². The Bertz CT molecular complexity index is 572. The van der Waals surface area contributed by atoms with E-state index in [-0.39, 0.29) is 0 Å². The molecule has 0 amide bonds. The van der Waals surface area contributed by atoms with Crippen molar-refractivity contribution < 1.29 is 4.74 Å². The zero-order valence-electron chi connectivity index (χ0n) is 12.7. The molecule has 1 atom stereocenters. The smallest absolute Gasteiger partial charge is 0.0731 e. The molecule has 1 aliphatic rings. The van der Waals surface area contributed by atoms with E-state index in [9.17, 15) is 0 Å². The Morgan fingerprint density at radius 1 is 1.33 bits per heavy atom. The second-order valence-corrected chi connectivity index (χ2v) is 5.86. The first kappa shape index (κ1) is 14.1. The third-order valence-corrected chi connectivity index (χ3v) is 4.01. The van der Waals surface area contributed by atoms with Gasteiger partial charge in [0.25, 0.3) is 0 Å². The molecule has 1 aliphatic carbocycles. The highest BCUT2D eigenvalue weighted by molar-refractivity contribution is 5.43. The Balaban J connectivity index is 1.70. The van der Waals surface area contributed by atoms with Crippen LogP contribution in [0.5, 0.6) is 0 Å². The van der Waals surface area contributed by atoms with Gasteiger partial charge < -0.3 is 10.1 Å². The predicted molar refractivity (Wildman–Crippen MR) is 84.4 cm³/mol. The molecule has 112 valence electrons. The Hall–Kier alpha value is -1.81. The molecule has 1 aromatic heterocycles. The fourth-order valence-electron chi connectivity index (χ4n) is 2.60. The molecule has 0 bridgehead atoms. The molecule has 0 aliphatic heterocycles. The third-order valence-electron chi connectivity index (χ3n) is 4.01. The number of anilines is 1. The summed E-state index contributed by atoms with van der Waals surface area (Å²) < 4.78 is 7.01. The summed E-state index contributed by atoms with van der Waals surface area (Å²) in [6, 6.07) is 9.25. The van der Waals surface area contributed by atoms with Crippen LogP contribution < -0.4 is 5.32 Å². The van der Waals surface area contributed by atoms with Gasteiger partial charge in [0.15, 0.2) is 0 Å². The summed E-state index contributed by atoms with van der Waals surface area (Å²) in [7, 11) is 1.71. The summed E-state index contributed by atoms with van der Waals surface area (Å²) in [5.41, 5.74) is 3.76. The molecule has 4 heteroatoms. The number of aromatic nitrogens is 2.